The van der Waals surface area contributed by atoms with E-state index in [4.69, 9.17) is 19.4 Å². The molecule has 4 nitrogen and oxygen atoms in total. The van der Waals surface area contributed by atoms with Crippen molar-refractivity contribution in [2.24, 2.45) is 0 Å². The monoisotopic (exact) mass is 727 g/mol. The summed E-state index contributed by atoms with van der Waals surface area (Å²) < 4.78 is 6.53. The molecule has 0 aliphatic carbocycles. The number of furan rings is 1. The molecule has 0 radical (unpaired) electrons. The average Bonchev–Trinajstić information content (AvgIpc) is 3.68. The van der Waals surface area contributed by atoms with Crippen LogP contribution in [-0.2, 0) is 0 Å². The van der Waals surface area contributed by atoms with E-state index in [9.17, 15) is 0 Å². The Morgan fingerprint density at radius 1 is 0.316 bits per heavy atom. The molecule has 11 rings (SSSR count). The molecule has 0 spiro atoms. The first-order valence-electron chi connectivity index (χ1n) is 19.2. The van der Waals surface area contributed by atoms with Crippen LogP contribution in [0.5, 0.6) is 0 Å². The number of nitrogens with zero attached hydrogens (tertiary/aromatic N) is 3. The Morgan fingerprint density at radius 3 is 1.58 bits per heavy atom. The van der Waals surface area contributed by atoms with Gasteiger partial charge < -0.3 is 4.42 Å². The van der Waals surface area contributed by atoms with Gasteiger partial charge in [0.25, 0.3) is 0 Å². The number of hydrogen-bond donors (Lipinski definition) is 0. The van der Waals surface area contributed by atoms with Crippen LogP contribution < -0.4 is 0 Å². The van der Waals surface area contributed by atoms with Gasteiger partial charge >= 0.3 is 0 Å². The van der Waals surface area contributed by atoms with Gasteiger partial charge in [0.1, 0.15) is 11.2 Å². The smallest absolute Gasteiger partial charge is 0.160 e. The largest absolute Gasteiger partial charge is 0.455 e. The Bertz CT molecular complexity index is 3260. The van der Waals surface area contributed by atoms with Crippen molar-refractivity contribution in [3.8, 4) is 67.4 Å². The van der Waals surface area contributed by atoms with Crippen LogP contribution in [0.4, 0.5) is 0 Å². The van der Waals surface area contributed by atoms with Gasteiger partial charge in [0, 0.05) is 49.2 Å². The molecule has 0 unspecified atom stereocenters. The third kappa shape index (κ3) is 5.83. The van der Waals surface area contributed by atoms with Crippen LogP contribution in [0.25, 0.3) is 111 Å². The summed E-state index contributed by atoms with van der Waals surface area (Å²) in [5.41, 5.74) is 14.1. The highest BCUT2D eigenvalue weighted by molar-refractivity contribution is 6.24. The summed E-state index contributed by atoms with van der Waals surface area (Å²) >= 11 is 0. The minimum absolute atomic E-state index is 0.694. The van der Waals surface area contributed by atoms with Gasteiger partial charge in [-0.15, -0.1) is 0 Å². The fourth-order valence-corrected chi connectivity index (χ4v) is 8.04. The maximum atomic E-state index is 6.53. The summed E-state index contributed by atoms with van der Waals surface area (Å²) in [5, 5.41) is 5.49. The highest BCUT2D eigenvalue weighted by atomic mass is 16.3. The van der Waals surface area contributed by atoms with Gasteiger partial charge in [0.2, 0.25) is 0 Å². The number of fused-ring (bicyclic) bond motifs is 7. The van der Waals surface area contributed by atoms with Gasteiger partial charge in [-0.25, -0.2) is 15.0 Å². The van der Waals surface area contributed by atoms with Crippen molar-refractivity contribution in [3.63, 3.8) is 0 Å². The van der Waals surface area contributed by atoms with E-state index in [1.807, 2.05) is 42.5 Å². The second-order valence-electron chi connectivity index (χ2n) is 14.4. The summed E-state index contributed by atoms with van der Waals surface area (Å²) in [6.07, 6.45) is 0. The van der Waals surface area contributed by atoms with Crippen molar-refractivity contribution in [1.82, 2.24) is 15.0 Å². The lowest BCUT2D eigenvalue weighted by Gasteiger charge is -2.12. The van der Waals surface area contributed by atoms with Crippen molar-refractivity contribution in [2.45, 2.75) is 0 Å². The Hall–Kier alpha value is -7.69. The summed E-state index contributed by atoms with van der Waals surface area (Å²) in [7, 11) is 0. The second-order valence-corrected chi connectivity index (χ2v) is 14.4. The van der Waals surface area contributed by atoms with Crippen LogP contribution in [0.2, 0.25) is 0 Å². The number of aromatic nitrogens is 3. The molecular weight excluding hydrogens is 695 g/mol. The Morgan fingerprint density at radius 2 is 0.842 bits per heavy atom. The number of hydrogen-bond acceptors (Lipinski definition) is 4. The lowest BCUT2D eigenvalue weighted by Crippen LogP contribution is -1.96. The average molecular weight is 728 g/mol. The van der Waals surface area contributed by atoms with Crippen LogP contribution in [0.1, 0.15) is 0 Å². The Kier molecular flexibility index (Phi) is 7.78. The van der Waals surface area contributed by atoms with Gasteiger partial charge in [-0.05, 0) is 52.6 Å². The van der Waals surface area contributed by atoms with E-state index in [2.05, 4.69) is 158 Å². The van der Waals surface area contributed by atoms with E-state index in [0.717, 1.165) is 105 Å². The molecule has 8 aromatic carbocycles. The van der Waals surface area contributed by atoms with Crippen LogP contribution in [0.15, 0.2) is 205 Å². The zero-order chi connectivity index (χ0) is 37.7. The highest BCUT2D eigenvalue weighted by Crippen LogP contribution is 2.41. The Balaban J connectivity index is 0.955. The molecule has 266 valence electrons. The van der Waals surface area contributed by atoms with Crippen molar-refractivity contribution >= 4 is 43.6 Å². The molecule has 0 aliphatic rings. The molecule has 0 amide bonds. The van der Waals surface area contributed by atoms with E-state index in [-0.39, 0.29) is 0 Å². The predicted molar refractivity (Wildman–Crippen MR) is 235 cm³/mol. The molecule has 0 atom stereocenters. The van der Waals surface area contributed by atoms with E-state index >= 15 is 0 Å². The minimum atomic E-state index is 0.694. The first-order valence-corrected chi connectivity index (χ1v) is 19.2. The molecule has 0 saturated carbocycles. The molecule has 57 heavy (non-hydrogen) atoms. The molecule has 0 fully saturated rings. The van der Waals surface area contributed by atoms with Crippen molar-refractivity contribution < 1.29 is 4.42 Å². The van der Waals surface area contributed by atoms with Gasteiger partial charge in [-0.3, -0.25) is 0 Å². The molecule has 0 bridgehead atoms. The van der Waals surface area contributed by atoms with E-state index in [0.29, 0.717) is 5.82 Å². The third-order valence-corrected chi connectivity index (χ3v) is 10.9. The SMILES string of the molecule is c1ccc(-c2cccc(-c3nc(-c4ccccc4)cc(-c4ccc(-c5ccc(-c6nc7ccccc7c7c6ccc6c8ccccc8oc67)cc5)cc4)n3)c2)cc1. The summed E-state index contributed by atoms with van der Waals surface area (Å²) in [5.74, 6) is 0.694. The van der Waals surface area contributed by atoms with Crippen LogP contribution in [0, 0.1) is 0 Å². The summed E-state index contributed by atoms with van der Waals surface area (Å²) in [4.78, 5) is 15.4. The van der Waals surface area contributed by atoms with Crippen molar-refractivity contribution in [3.05, 3.63) is 200 Å². The molecule has 4 heteroatoms. The molecule has 3 aromatic heterocycles. The zero-order valence-corrected chi connectivity index (χ0v) is 30.8. The third-order valence-electron chi connectivity index (χ3n) is 10.9. The maximum absolute atomic E-state index is 6.53. The minimum Gasteiger partial charge on any atom is -0.455 e. The molecule has 3 heterocycles. The van der Waals surface area contributed by atoms with Gasteiger partial charge in [-0.2, -0.15) is 0 Å². The van der Waals surface area contributed by atoms with Crippen molar-refractivity contribution in [2.75, 3.05) is 0 Å². The van der Waals surface area contributed by atoms with E-state index in [1.165, 1.54) is 0 Å². The topological polar surface area (TPSA) is 51.8 Å². The van der Waals surface area contributed by atoms with E-state index < -0.39 is 0 Å². The van der Waals surface area contributed by atoms with Crippen LogP contribution in [-0.4, -0.2) is 15.0 Å². The number of rotatable bonds is 6. The Labute approximate surface area is 329 Å². The summed E-state index contributed by atoms with van der Waals surface area (Å²) in [6, 6.07) is 69.6. The highest BCUT2D eigenvalue weighted by Gasteiger charge is 2.18. The summed E-state index contributed by atoms with van der Waals surface area (Å²) in [6.45, 7) is 0. The van der Waals surface area contributed by atoms with Gasteiger partial charge in [0.15, 0.2) is 5.82 Å². The normalized spacial score (nSPS) is 11.5. The second kappa shape index (κ2) is 13.6. The first kappa shape index (κ1) is 32.7. The number of benzene rings is 8. The predicted octanol–water partition coefficient (Wildman–Crippen LogP) is 14.1. The molecular formula is C53H33N3O. The fourth-order valence-electron chi connectivity index (χ4n) is 8.04. The molecule has 11 aromatic rings. The quantitative estimate of drug-likeness (QED) is 0.160. The lowest BCUT2D eigenvalue weighted by atomic mass is 9.96. The lowest BCUT2D eigenvalue weighted by molar-refractivity contribution is 0.673. The van der Waals surface area contributed by atoms with Crippen molar-refractivity contribution in [1.29, 1.82) is 0 Å². The van der Waals surface area contributed by atoms with Gasteiger partial charge in [-0.1, -0.05) is 170 Å². The fraction of sp³-hybridized carbons (Fsp3) is 0. The number of pyridine rings is 1. The zero-order valence-electron chi connectivity index (χ0n) is 30.8. The first-order chi connectivity index (χ1) is 28.2. The van der Waals surface area contributed by atoms with Crippen LogP contribution in [0.3, 0.4) is 0 Å². The molecule has 0 saturated heterocycles. The number of para-hydroxylation sites is 2. The van der Waals surface area contributed by atoms with Crippen LogP contribution >= 0.6 is 0 Å². The standard InChI is InChI=1S/C53H33N3O/c1-3-12-34(13-4-1)40-16-11-17-41(32-40)53-55-47(37-14-5-2-6-15-37)33-48(56-53)38-26-22-35(23-27-38)36-24-28-39(29-25-36)51-45-31-30-43-42-18-8-10-21-49(42)57-52(43)50(45)44-19-7-9-20-46(44)54-51/h1-33H. The maximum Gasteiger partial charge on any atom is 0.160 e. The van der Waals surface area contributed by atoms with Gasteiger partial charge in [0.05, 0.1) is 22.6 Å². The molecule has 0 N–H and O–H groups in total. The molecule has 0 aliphatic heterocycles. The van der Waals surface area contributed by atoms with E-state index in [1.54, 1.807) is 0 Å².